The van der Waals surface area contributed by atoms with Crippen LogP contribution in [0.4, 0.5) is 11.5 Å². The molecule has 5 nitrogen and oxygen atoms in total. The topological polar surface area (TPSA) is 47.5 Å². The molecule has 0 fully saturated rings. The zero-order chi connectivity index (χ0) is 18.9. The van der Waals surface area contributed by atoms with Crippen LogP contribution >= 0.6 is 0 Å². The number of nitrogens with zero attached hydrogens (tertiary/aromatic N) is 3. The summed E-state index contributed by atoms with van der Waals surface area (Å²) in [4.78, 5) is 11.8. The molecular formula is C23H19N3O2. The number of aromatic nitrogens is 2. The molecule has 1 aliphatic rings. The molecule has 1 aliphatic heterocycles. The second-order valence-corrected chi connectivity index (χ2v) is 6.74. The van der Waals surface area contributed by atoms with Gasteiger partial charge < -0.3 is 14.4 Å². The van der Waals surface area contributed by atoms with Crippen LogP contribution in [0.3, 0.4) is 0 Å². The molecule has 0 spiro atoms. The van der Waals surface area contributed by atoms with Gasteiger partial charge in [0.05, 0.1) is 5.52 Å². The zero-order valence-electron chi connectivity index (χ0n) is 15.5. The highest BCUT2D eigenvalue weighted by molar-refractivity contribution is 5.91. The molecule has 4 aromatic rings. The Kier molecular flexibility index (Phi) is 4.05. The van der Waals surface area contributed by atoms with Gasteiger partial charge in [-0.3, -0.25) is 0 Å². The third-order valence-electron chi connectivity index (χ3n) is 4.90. The van der Waals surface area contributed by atoms with E-state index in [0.717, 1.165) is 39.7 Å². The van der Waals surface area contributed by atoms with Gasteiger partial charge in [0.25, 0.3) is 0 Å². The van der Waals surface area contributed by atoms with Crippen LogP contribution in [-0.4, -0.2) is 23.8 Å². The van der Waals surface area contributed by atoms with Gasteiger partial charge in [-0.15, -0.1) is 0 Å². The van der Waals surface area contributed by atoms with Crippen LogP contribution in [-0.2, 0) is 6.42 Å². The van der Waals surface area contributed by atoms with Crippen LogP contribution in [0.25, 0.3) is 10.9 Å². The second kappa shape index (κ2) is 6.85. The van der Waals surface area contributed by atoms with E-state index in [1.807, 2.05) is 61.6 Å². The first-order valence-corrected chi connectivity index (χ1v) is 9.21. The Balaban J connectivity index is 1.59. The van der Waals surface area contributed by atoms with E-state index < -0.39 is 0 Å². The van der Waals surface area contributed by atoms with Crippen molar-refractivity contribution in [1.82, 2.24) is 9.97 Å². The lowest BCUT2D eigenvalue weighted by Crippen LogP contribution is -2.14. The number of para-hydroxylation sites is 1. The fourth-order valence-electron chi connectivity index (χ4n) is 3.44. The lowest BCUT2D eigenvalue weighted by Gasteiger charge is -2.21. The largest absolute Gasteiger partial charge is 0.454 e. The van der Waals surface area contributed by atoms with Gasteiger partial charge in [-0.2, -0.15) is 0 Å². The molecule has 0 aliphatic carbocycles. The zero-order valence-corrected chi connectivity index (χ0v) is 15.5. The van der Waals surface area contributed by atoms with Gasteiger partial charge in [0.1, 0.15) is 11.6 Å². The van der Waals surface area contributed by atoms with Crippen LogP contribution in [0.15, 0.2) is 72.8 Å². The lowest BCUT2D eigenvalue weighted by molar-refractivity contribution is 0.174. The van der Waals surface area contributed by atoms with E-state index in [1.165, 1.54) is 5.56 Å². The van der Waals surface area contributed by atoms with Crippen molar-refractivity contribution in [3.63, 3.8) is 0 Å². The van der Waals surface area contributed by atoms with Gasteiger partial charge in [-0.25, -0.2) is 9.97 Å². The van der Waals surface area contributed by atoms with Crippen LogP contribution in [0.1, 0.15) is 11.4 Å². The molecule has 0 bridgehead atoms. The van der Waals surface area contributed by atoms with E-state index >= 15 is 0 Å². The summed E-state index contributed by atoms with van der Waals surface area (Å²) < 4.78 is 11.0. The first kappa shape index (κ1) is 16.6. The molecule has 1 aromatic heterocycles. The average molecular weight is 369 g/mol. The summed E-state index contributed by atoms with van der Waals surface area (Å²) in [6, 6.07) is 24.3. The molecule has 0 N–H and O–H groups in total. The van der Waals surface area contributed by atoms with Crippen LogP contribution < -0.4 is 14.4 Å². The van der Waals surface area contributed by atoms with E-state index in [-0.39, 0.29) is 6.79 Å². The predicted octanol–water partition coefficient (Wildman–Crippen LogP) is 4.72. The maximum absolute atomic E-state index is 5.53. The van der Waals surface area contributed by atoms with Crippen molar-refractivity contribution >= 4 is 22.4 Å². The maximum Gasteiger partial charge on any atom is 0.231 e. The van der Waals surface area contributed by atoms with Crippen molar-refractivity contribution in [3.05, 3.63) is 84.2 Å². The summed E-state index contributed by atoms with van der Waals surface area (Å²) in [6.07, 6.45) is 0.688. The lowest BCUT2D eigenvalue weighted by atomic mass is 10.1. The molecule has 138 valence electrons. The molecule has 0 amide bonds. The highest BCUT2D eigenvalue weighted by Gasteiger charge is 2.18. The van der Waals surface area contributed by atoms with Crippen LogP contribution in [0.5, 0.6) is 11.5 Å². The van der Waals surface area contributed by atoms with E-state index in [1.54, 1.807) is 0 Å². The van der Waals surface area contributed by atoms with Gasteiger partial charge >= 0.3 is 0 Å². The van der Waals surface area contributed by atoms with E-state index in [9.17, 15) is 0 Å². The minimum Gasteiger partial charge on any atom is -0.454 e. The summed E-state index contributed by atoms with van der Waals surface area (Å²) in [6.45, 7) is 0.264. The second-order valence-electron chi connectivity index (χ2n) is 6.74. The molecule has 5 rings (SSSR count). The van der Waals surface area contributed by atoms with Gasteiger partial charge in [0.15, 0.2) is 11.5 Å². The summed E-state index contributed by atoms with van der Waals surface area (Å²) in [7, 11) is 2.01. The first-order valence-electron chi connectivity index (χ1n) is 9.21. The van der Waals surface area contributed by atoms with Gasteiger partial charge in [0, 0.05) is 30.6 Å². The first-order chi connectivity index (χ1) is 13.8. The minimum atomic E-state index is 0.264. The molecule has 0 radical (unpaired) electrons. The van der Waals surface area contributed by atoms with Gasteiger partial charge in [-0.05, 0) is 29.8 Å². The smallest absolute Gasteiger partial charge is 0.231 e. The highest BCUT2D eigenvalue weighted by Crippen LogP contribution is 2.37. The Morgan fingerprint density at radius 1 is 0.857 bits per heavy atom. The summed E-state index contributed by atoms with van der Waals surface area (Å²) in [5.74, 6) is 3.20. The number of ether oxygens (including phenoxy) is 2. The third-order valence-corrected chi connectivity index (χ3v) is 4.90. The van der Waals surface area contributed by atoms with Crippen molar-refractivity contribution in [2.45, 2.75) is 6.42 Å². The standard InChI is InChI=1S/C23H19N3O2/c1-26(17-11-12-20-21(14-17)28-15-27-20)23-18-9-5-6-10-19(18)24-22(25-23)13-16-7-3-2-4-8-16/h2-12,14H,13,15H2,1H3. The van der Waals surface area contributed by atoms with E-state index in [2.05, 4.69) is 23.1 Å². The summed E-state index contributed by atoms with van der Waals surface area (Å²) in [5.41, 5.74) is 3.11. The third kappa shape index (κ3) is 3.01. The average Bonchev–Trinajstić information content (AvgIpc) is 3.21. The quantitative estimate of drug-likeness (QED) is 0.521. The Morgan fingerprint density at radius 2 is 1.64 bits per heavy atom. The Labute approximate surface area is 163 Å². The van der Waals surface area contributed by atoms with Gasteiger partial charge in [-0.1, -0.05) is 42.5 Å². The molecule has 5 heteroatoms. The fraction of sp³-hybridized carbons (Fsp3) is 0.130. The molecule has 0 unspecified atom stereocenters. The maximum atomic E-state index is 5.53. The minimum absolute atomic E-state index is 0.264. The summed E-state index contributed by atoms with van der Waals surface area (Å²) in [5, 5.41) is 1.01. The van der Waals surface area contributed by atoms with Crippen LogP contribution in [0, 0.1) is 0 Å². The SMILES string of the molecule is CN(c1ccc2c(c1)OCO2)c1nc(Cc2ccccc2)nc2ccccc12. The van der Waals surface area contributed by atoms with Crippen molar-refractivity contribution in [3.8, 4) is 11.5 Å². The van der Waals surface area contributed by atoms with Crippen molar-refractivity contribution in [2.24, 2.45) is 0 Å². The van der Waals surface area contributed by atoms with Crippen molar-refractivity contribution < 1.29 is 9.47 Å². The van der Waals surface area contributed by atoms with E-state index in [4.69, 9.17) is 19.4 Å². The molecule has 3 aromatic carbocycles. The molecule has 0 saturated carbocycles. The molecule has 2 heterocycles. The number of benzene rings is 3. The van der Waals surface area contributed by atoms with Crippen molar-refractivity contribution in [1.29, 1.82) is 0 Å². The molecular weight excluding hydrogens is 350 g/mol. The normalized spacial score (nSPS) is 12.3. The predicted molar refractivity (Wildman–Crippen MR) is 109 cm³/mol. The number of anilines is 2. The number of hydrogen-bond donors (Lipinski definition) is 0. The number of rotatable bonds is 4. The fourth-order valence-corrected chi connectivity index (χ4v) is 3.44. The Bertz CT molecular complexity index is 1150. The monoisotopic (exact) mass is 369 g/mol. The molecule has 0 atom stereocenters. The van der Waals surface area contributed by atoms with E-state index in [0.29, 0.717) is 6.42 Å². The number of fused-ring (bicyclic) bond motifs is 2. The van der Waals surface area contributed by atoms with Crippen LogP contribution in [0.2, 0.25) is 0 Å². The Hall–Kier alpha value is -3.60. The Morgan fingerprint density at radius 3 is 2.54 bits per heavy atom. The van der Waals surface area contributed by atoms with Crippen molar-refractivity contribution in [2.75, 3.05) is 18.7 Å². The summed E-state index contributed by atoms with van der Waals surface area (Å²) >= 11 is 0. The molecule has 0 saturated heterocycles. The van der Waals surface area contributed by atoms with Gasteiger partial charge in [0.2, 0.25) is 6.79 Å². The number of hydrogen-bond acceptors (Lipinski definition) is 5. The molecule has 28 heavy (non-hydrogen) atoms. The highest BCUT2D eigenvalue weighted by atomic mass is 16.7.